The number of nitrogens with one attached hydrogen (secondary N) is 1. The second kappa shape index (κ2) is 5.57. The van der Waals surface area contributed by atoms with Gasteiger partial charge >= 0.3 is 5.97 Å². The largest absolute Gasteiger partial charge is 0.478 e. The van der Waals surface area contributed by atoms with Gasteiger partial charge in [0.2, 0.25) is 0 Å². The van der Waals surface area contributed by atoms with Crippen molar-refractivity contribution in [3.63, 3.8) is 0 Å². The number of carboxylic acids is 1. The van der Waals surface area contributed by atoms with Gasteiger partial charge in [-0.1, -0.05) is 0 Å². The van der Waals surface area contributed by atoms with E-state index in [2.05, 4.69) is 36.7 Å². The Bertz CT molecular complexity index is 847. The summed E-state index contributed by atoms with van der Waals surface area (Å²) in [5.41, 5.74) is 3.92. The van der Waals surface area contributed by atoms with Crippen LogP contribution in [-0.4, -0.2) is 19.8 Å². The van der Waals surface area contributed by atoms with Crippen molar-refractivity contribution in [2.24, 2.45) is 0 Å². The van der Waals surface area contributed by atoms with Crippen LogP contribution in [0.4, 0.5) is 11.4 Å². The highest BCUT2D eigenvalue weighted by Gasteiger charge is 2.14. The lowest BCUT2D eigenvalue weighted by Crippen LogP contribution is -2.03. The number of aromatic carboxylic acids is 1. The monoisotopic (exact) mass is 411 g/mol. The molecule has 0 atom stereocenters. The molecule has 1 heterocycles. The van der Waals surface area contributed by atoms with Crippen molar-refractivity contribution in [1.82, 2.24) is 8.75 Å². The molecule has 7 heteroatoms. The Kier molecular flexibility index (Phi) is 3.77. The van der Waals surface area contributed by atoms with Crippen LogP contribution in [0.3, 0.4) is 0 Å². The van der Waals surface area contributed by atoms with E-state index >= 15 is 0 Å². The van der Waals surface area contributed by atoms with Crippen LogP contribution >= 0.6 is 34.3 Å². The number of anilines is 2. The van der Waals surface area contributed by atoms with Gasteiger partial charge in [-0.25, -0.2) is 4.79 Å². The molecule has 0 aliphatic heterocycles. The van der Waals surface area contributed by atoms with Gasteiger partial charge in [0.25, 0.3) is 0 Å². The van der Waals surface area contributed by atoms with Crippen molar-refractivity contribution < 1.29 is 9.90 Å². The fourth-order valence-corrected chi connectivity index (χ4v) is 3.18. The van der Waals surface area contributed by atoms with Crippen LogP contribution in [0.25, 0.3) is 11.0 Å². The molecule has 0 bridgehead atoms. The summed E-state index contributed by atoms with van der Waals surface area (Å²) in [6, 6.07) is 9.21. The fraction of sp³-hybridized carbons (Fsp3) is 0.0714. The lowest BCUT2D eigenvalue weighted by molar-refractivity contribution is 0.0698. The highest BCUT2D eigenvalue weighted by molar-refractivity contribution is 14.1. The third-order valence-corrected chi connectivity index (χ3v) is 4.31. The number of hydrogen-bond donors (Lipinski definition) is 2. The molecule has 5 nitrogen and oxygen atoms in total. The Hall–Kier alpha value is -1.74. The molecule has 0 unspecified atom stereocenters. The minimum absolute atomic E-state index is 0.188. The van der Waals surface area contributed by atoms with Gasteiger partial charge in [-0.3, -0.25) is 0 Å². The molecule has 21 heavy (non-hydrogen) atoms. The first-order valence-electron chi connectivity index (χ1n) is 6.07. The third-order valence-electron chi connectivity index (χ3n) is 3.08. The summed E-state index contributed by atoms with van der Waals surface area (Å²) < 4.78 is 9.36. The molecule has 0 spiro atoms. The average molecular weight is 411 g/mol. The molecule has 3 aromatic rings. The lowest BCUT2D eigenvalue weighted by Gasteiger charge is -2.12. The first-order valence-corrected chi connectivity index (χ1v) is 7.88. The third kappa shape index (κ3) is 2.84. The molecule has 2 aromatic carbocycles. The number of rotatable bonds is 3. The second-order valence-electron chi connectivity index (χ2n) is 4.54. The zero-order valence-electron chi connectivity index (χ0n) is 10.9. The zero-order valence-corrected chi connectivity index (χ0v) is 13.9. The standard InChI is InChI=1S/C14H10IN3O2S/c1-7-4-8(15)2-3-10(7)16-11-6-13-12(17-21-18-13)5-9(11)14(19)20/h2-6,16H,1H3,(H,19,20). The summed E-state index contributed by atoms with van der Waals surface area (Å²) in [5, 5.41) is 12.6. The number of nitrogens with zero attached hydrogens (tertiary/aromatic N) is 2. The van der Waals surface area contributed by atoms with Gasteiger partial charge in [-0.15, -0.1) is 0 Å². The maximum atomic E-state index is 11.4. The topological polar surface area (TPSA) is 75.1 Å². The summed E-state index contributed by atoms with van der Waals surface area (Å²) in [4.78, 5) is 11.4. The summed E-state index contributed by atoms with van der Waals surface area (Å²) in [5.74, 6) is -0.990. The van der Waals surface area contributed by atoms with E-state index in [9.17, 15) is 9.90 Å². The van der Waals surface area contributed by atoms with Gasteiger partial charge in [-0.2, -0.15) is 8.75 Å². The molecular weight excluding hydrogens is 401 g/mol. The molecule has 0 aliphatic rings. The number of halogens is 1. The van der Waals surface area contributed by atoms with Crippen molar-refractivity contribution >= 4 is 62.7 Å². The molecule has 0 aliphatic carbocycles. The van der Waals surface area contributed by atoms with E-state index in [0.717, 1.165) is 26.5 Å². The first-order chi connectivity index (χ1) is 10.0. The average Bonchev–Trinajstić information content (AvgIpc) is 2.88. The number of benzene rings is 2. The Morgan fingerprint density at radius 2 is 1.90 bits per heavy atom. The van der Waals surface area contributed by atoms with E-state index < -0.39 is 5.97 Å². The van der Waals surface area contributed by atoms with Gasteiger partial charge in [0.1, 0.15) is 11.0 Å². The maximum absolute atomic E-state index is 11.4. The van der Waals surface area contributed by atoms with Gasteiger partial charge in [0.05, 0.1) is 23.0 Å². The maximum Gasteiger partial charge on any atom is 0.337 e. The quantitative estimate of drug-likeness (QED) is 0.637. The summed E-state index contributed by atoms with van der Waals surface area (Å²) >= 11 is 3.31. The molecule has 0 saturated heterocycles. The SMILES string of the molecule is Cc1cc(I)ccc1Nc1cc2nsnc2cc1C(=O)O. The number of carbonyl (C=O) groups is 1. The van der Waals surface area contributed by atoms with Gasteiger partial charge in [0, 0.05) is 9.26 Å². The Balaban J connectivity index is 2.09. The van der Waals surface area contributed by atoms with E-state index in [0.29, 0.717) is 16.7 Å². The fourth-order valence-electron chi connectivity index (χ4n) is 2.02. The van der Waals surface area contributed by atoms with E-state index in [1.165, 1.54) is 0 Å². The molecule has 106 valence electrons. The number of hydrogen-bond acceptors (Lipinski definition) is 5. The predicted molar refractivity (Wildman–Crippen MR) is 91.6 cm³/mol. The lowest BCUT2D eigenvalue weighted by atomic mass is 10.1. The van der Waals surface area contributed by atoms with Crippen molar-refractivity contribution in [1.29, 1.82) is 0 Å². The first kappa shape index (κ1) is 14.2. The van der Waals surface area contributed by atoms with E-state index in [4.69, 9.17) is 0 Å². The number of aromatic nitrogens is 2. The number of carboxylic acid groups (broad SMARTS) is 1. The molecule has 0 saturated carbocycles. The summed E-state index contributed by atoms with van der Waals surface area (Å²) in [7, 11) is 0. The molecule has 1 aromatic heterocycles. The van der Waals surface area contributed by atoms with Crippen LogP contribution in [0.1, 0.15) is 15.9 Å². The highest BCUT2D eigenvalue weighted by atomic mass is 127. The van der Waals surface area contributed by atoms with E-state index in [-0.39, 0.29) is 5.56 Å². The molecule has 2 N–H and O–H groups in total. The van der Waals surface area contributed by atoms with Crippen LogP contribution < -0.4 is 5.32 Å². The summed E-state index contributed by atoms with van der Waals surface area (Å²) in [6.45, 7) is 1.98. The van der Waals surface area contributed by atoms with Gasteiger partial charge in [0.15, 0.2) is 0 Å². The molecular formula is C14H10IN3O2S. The predicted octanol–water partition coefficient (Wildman–Crippen LogP) is 4.05. The Morgan fingerprint density at radius 1 is 1.19 bits per heavy atom. The Morgan fingerprint density at radius 3 is 2.57 bits per heavy atom. The van der Waals surface area contributed by atoms with Crippen LogP contribution in [0.2, 0.25) is 0 Å². The number of aryl methyl sites for hydroxylation is 1. The minimum Gasteiger partial charge on any atom is -0.478 e. The van der Waals surface area contributed by atoms with E-state index in [1.54, 1.807) is 12.1 Å². The number of fused-ring (bicyclic) bond motifs is 1. The molecule has 0 fully saturated rings. The Labute approximate surface area is 138 Å². The van der Waals surface area contributed by atoms with Gasteiger partial charge in [-0.05, 0) is 65.4 Å². The van der Waals surface area contributed by atoms with Crippen LogP contribution in [-0.2, 0) is 0 Å². The highest BCUT2D eigenvalue weighted by Crippen LogP contribution is 2.28. The van der Waals surface area contributed by atoms with Crippen molar-refractivity contribution in [2.45, 2.75) is 6.92 Å². The van der Waals surface area contributed by atoms with Crippen molar-refractivity contribution in [2.75, 3.05) is 5.32 Å². The summed E-state index contributed by atoms with van der Waals surface area (Å²) in [6.07, 6.45) is 0. The van der Waals surface area contributed by atoms with Crippen LogP contribution in [0.5, 0.6) is 0 Å². The normalized spacial score (nSPS) is 10.8. The van der Waals surface area contributed by atoms with Crippen LogP contribution in [0, 0.1) is 10.5 Å². The van der Waals surface area contributed by atoms with Crippen molar-refractivity contribution in [3.05, 3.63) is 45.0 Å². The smallest absolute Gasteiger partial charge is 0.337 e. The van der Waals surface area contributed by atoms with Crippen molar-refractivity contribution in [3.8, 4) is 0 Å². The minimum atomic E-state index is -0.990. The second-order valence-corrected chi connectivity index (χ2v) is 6.31. The van der Waals surface area contributed by atoms with Crippen LogP contribution in [0.15, 0.2) is 30.3 Å². The zero-order chi connectivity index (χ0) is 15.0. The van der Waals surface area contributed by atoms with Gasteiger partial charge < -0.3 is 10.4 Å². The molecule has 0 radical (unpaired) electrons. The van der Waals surface area contributed by atoms with E-state index in [1.807, 2.05) is 25.1 Å². The molecule has 0 amide bonds. The molecule has 3 rings (SSSR count).